The Balaban J connectivity index is 1.65. The lowest BCUT2D eigenvalue weighted by Crippen LogP contribution is -2.50. The van der Waals surface area contributed by atoms with Gasteiger partial charge in [-0.15, -0.1) is 0 Å². The fourth-order valence-electron chi connectivity index (χ4n) is 6.45. The second-order valence-electron chi connectivity index (χ2n) is 8.82. The van der Waals surface area contributed by atoms with Gasteiger partial charge in [0.05, 0.1) is 0 Å². The van der Waals surface area contributed by atoms with Gasteiger partial charge in [0.25, 0.3) is 0 Å². The number of allylic oxidation sites excluding steroid dienone is 4. The van der Waals surface area contributed by atoms with Gasteiger partial charge in [-0.1, -0.05) is 31.6 Å². The highest BCUT2D eigenvalue weighted by Crippen LogP contribution is 2.64. The van der Waals surface area contributed by atoms with Gasteiger partial charge in [-0.2, -0.15) is 0 Å². The molecular weight excluding hydrogens is 300 g/mol. The maximum absolute atomic E-state index is 11.8. The molecule has 6 atom stereocenters. The number of carbonyl (C=O) groups excluding carboxylic acids is 2. The zero-order chi connectivity index (χ0) is 17.1. The summed E-state index contributed by atoms with van der Waals surface area (Å²) in [4.78, 5) is 23.3. The summed E-state index contributed by atoms with van der Waals surface area (Å²) in [5.41, 5.74) is 1.52. The van der Waals surface area contributed by atoms with E-state index in [0.29, 0.717) is 24.2 Å². The van der Waals surface area contributed by atoms with E-state index in [1.54, 1.807) is 0 Å². The molecule has 0 aromatic rings. The smallest absolute Gasteiger partial charge is 0.302 e. The van der Waals surface area contributed by atoms with Gasteiger partial charge in [0.2, 0.25) is 0 Å². The van der Waals surface area contributed by atoms with Gasteiger partial charge in [-0.25, -0.2) is 0 Å². The van der Waals surface area contributed by atoms with Crippen molar-refractivity contribution in [2.24, 2.45) is 28.6 Å². The summed E-state index contributed by atoms with van der Waals surface area (Å²) in [6, 6.07) is 0. The molecule has 24 heavy (non-hydrogen) atoms. The molecule has 2 fully saturated rings. The Hall–Kier alpha value is -1.38. The monoisotopic (exact) mass is 328 g/mol. The predicted molar refractivity (Wildman–Crippen MR) is 92.2 cm³/mol. The third kappa shape index (κ3) is 2.16. The molecule has 0 amide bonds. The Bertz CT molecular complexity index is 645. The Labute approximate surface area is 144 Å². The number of hydrogen-bond donors (Lipinski definition) is 0. The lowest BCUT2D eigenvalue weighted by molar-refractivity contribution is -0.156. The molecule has 4 aliphatic rings. The highest BCUT2D eigenvalue weighted by atomic mass is 16.5. The molecule has 4 aliphatic carbocycles. The average molecular weight is 328 g/mol. The van der Waals surface area contributed by atoms with Crippen molar-refractivity contribution in [2.45, 2.75) is 65.4 Å². The van der Waals surface area contributed by atoms with Gasteiger partial charge in [0.15, 0.2) is 5.78 Å². The normalized spacial score (nSPS) is 46.6. The first-order valence-electron chi connectivity index (χ1n) is 9.43. The number of esters is 1. The van der Waals surface area contributed by atoms with Crippen LogP contribution in [0.4, 0.5) is 0 Å². The molecule has 0 bridgehead atoms. The number of rotatable bonds is 1. The molecule has 0 N–H and O–H groups in total. The van der Waals surface area contributed by atoms with Crippen molar-refractivity contribution in [2.75, 3.05) is 0 Å². The maximum Gasteiger partial charge on any atom is 0.302 e. The molecule has 2 saturated carbocycles. The third-order valence-electron chi connectivity index (χ3n) is 7.74. The van der Waals surface area contributed by atoms with Crippen LogP contribution in [0.2, 0.25) is 0 Å². The van der Waals surface area contributed by atoms with E-state index in [0.717, 1.165) is 25.7 Å². The zero-order valence-electron chi connectivity index (χ0n) is 15.0. The minimum Gasteiger partial charge on any atom is -0.462 e. The molecule has 0 saturated heterocycles. The molecule has 0 aromatic heterocycles. The van der Waals surface area contributed by atoms with E-state index in [1.807, 2.05) is 6.08 Å². The minimum absolute atomic E-state index is 0.0533. The van der Waals surface area contributed by atoms with Crippen molar-refractivity contribution >= 4 is 11.8 Å². The second-order valence-corrected chi connectivity index (χ2v) is 8.82. The van der Waals surface area contributed by atoms with E-state index in [9.17, 15) is 9.59 Å². The first-order chi connectivity index (χ1) is 11.3. The number of ether oxygens (including phenoxy) is 1. The topological polar surface area (TPSA) is 43.4 Å². The summed E-state index contributed by atoms with van der Waals surface area (Å²) < 4.78 is 5.70. The standard InChI is InChI=1S/C21H28O3/c1-13(22)24-19-7-6-17-16-5-4-14-12-15(23)8-10-20(14,2)18(16)9-11-21(17,19)3/h4,8,10,16-19H,5-7,9,11-12H2,1-3H3/t16-,17-,18-,19-,20-,21-/m0/s1. The number of carbonyl (C=O) groups is 2. The Morgan fingerprint density at radius 2 is 2.00 bits per heavy atom. The van der Waals surface area contributed by atoms with Crippen LogP contribution in [0.15, 0.2) is 23.8 Å². The summed E-state index contributed by atoms with van der Waals surface area (Å²) in [6.45, 7) is 6.21. The highest BCUT2D eigenvalue weighted by molar-refractivity contribution is 5.93. The number of hydrogen-bond acceptors (Lipinski definition) is 3. The molecular formula is C21H28O3. The summed E-state index contributed by atoms with van der Waals surface area (Å²) in [6.07, 6.45) is 12.6. The Kier molecular flexibility index (Phi) is 3.56. The van der Waals surface area contributed by atoms with Gasteiger partial charge in [-0.3, -0.25) is 9.59 Å². The van der Waals surface area contributed by atoms with Crippen molar-refractivity contribution in [1.29, 1.82) is 0 Å². The first kappa shape index (κ1) is 16.1. The van der Waals surface area contributed by atoms with Crippen molar-refractivity contribution in [3.05, 3.63) is 23.8 Å². The van der Waals surface area contributed by atoms with Crippen LogP contribution in [-0.4, -0.2) is 17.9 Å². The average Bonchev–Trinajstić information content (AvgIpc) is 2.84. The number of ketones is 1. The van der Waals surface area contributed by atoms with Crippen LogP contribution < -0.4 is 0 Å². The van der Waals surface area contributed by atoms with Crippen LogP contribution in [0.25, 0.3) is 0 Å². The predicted octanol–water partition coefficient (Wildman–Crippen LogP) is 4.23. The summed E-state index contributed by atoms with van der Waals surface area (Å²) in [5, 5.41) is 0. The lowest BCUT2D eigenvalue weighted by atomic mass is 9.49. The largest absolute Gasteiger partial charge is 0.462 e. The second kappa shape index (κ2) is 5.31. The van der Waals surface area contributed by atoms with E-state index in [-0.39, 0.29) is 28.7 Å². The van der Waals surface area contributed by atoms with Gasteiger partial charge < -0.3 is 4.74 Å². The van der Waals surface area contributed by atoms with Crippen molar-refractivity contribution in [3.63, 3.8) is 0 Å². The summed E-state index contributed by atoms with van der Waals surface area (Å²) >= 11 is 0. The van der Waals surface area contributed by atoms with Gasteiger partial charge in [0.1, 0.15) is 6.10 Å². The molecule has 4 rings (SSSR count). The van der Waals surface area contributed by atoms with Gasteiger partial charge in [0, 0.05) is 24.2 Å². The molecule has 0 radical (unpaired) electrons. The van der Waals surface area contributed by atoms with E-state index in [2.05, 4.69) is 26.0 Å². The fraction of sp³-hybridized carbons (Fsp3) is 0.714. The quantitative estimate of drug-likeness (QED) is 0.534. The molecule has 3 heteroatoms. The van der Waals surface area contributed by atoms with Gasteiger partial charge in [-0.05, 0) is 55.9 Å². The molecule has 130 valence electrons. The molecule has 0 heterocycles. The molecule has 0 unspecified atom stereocenters. The molecule has 3 nitrogen and oxygen atoms in total. The van der Waals surface area contributed by atoms with Gasteiger partial charge >= 0.3 is 5.97 Å². The zero-order valence-corrected chi connectivity index (χ0v) is 15.0. The maximum atomic E-state index is 11.8. The molecule has 0 aliphatic heterocycles. The number of fused-ring (bicyclic) bond motifs is 5. The van der Waals surface area contributed by atoms with E-state index in [1.165, 1.54) is 18.9 Å². The van der Waals surface area contributed by atoms with Crippen LogP contribution in [0.1, 0.15) is 59.3 Å². The van der Waals surface area contributed by atoms with Crippen LogP contribution >= 0.6 is 0 Å². The fourth-order valence-corrected chi connectivity index (χ4v) is 6.45. The highest BCUT2D eigenvalue weighted by Gasteiger charge is 2.59. The SMILES string of the molecule is CC(=O)O[C@H]1CC[C@H]2[C@@H]3CC=C4CC(=O)C=C[C@]4(C)[C@H]3CC[C@]12C. The van der Waals surface area contributed by atoms with Crippen molar-refractivity contribution < 1.29 is 14.3 Å². The van der Waals surface area contributed by atoms with E-state index >= 15 is 0 Å². The van der Waals surface area contributed by atoms with Crippen LogP contribution in [0.5, 0.6) is 0 Å². The Morgan fingerprint density at radius 3 is 2.75 bits per heavy atom. The molecule has 0 spiro atoms. The summed E-state index contributed by atoms with van der Waals surface area (Å²) in [5.74, 6) is 2.00. The van der Waals surface area contributed by atoms with Crippen molar-refractivity contribution in [3.8, 4) is 0 Å². The van der Waals surface area contributed by atoms with Crippen LogP contribution in [0, 0.1) is 28.6 Å². The van der Waals surface area contributed by atoms with Crippen molar-refractivity contribution in [1.82, 2.24) is 0 Å². The van der Waals surface area contributed by atoms with Crippen LogP contribution in [-0.2, 0) is 14.3 Å². The van der Waals surface area contributed by atoms with E-state index < -0.39 is 0 Å². The first-order valence-corrected chi connectivity index (χ1v) is 9.43. The summed E-state index contributed by atoms with van der Waals surface area (Å²) in [7, 11) is 0. The minimum atomic E-state index is -0.143. The molecule has 0 aromatic carbocycles. The third-order valence-corrected chi connectivity index (χ3v) is 7.74. The van der Waals surface area contributed by atoms with E-state index in [4.69, 9.17) is 4.74 Å². The lowest BCUT2D eigenvalue weighted by Gasteiger charge is -2.55. The Morgan fingerprint density at radius 1 is 1.21 bits per heavy atom. The van der Waals surface area contributed by atoms with Crippen LogP contribution in [0.3, 0.4) is 0 Å².